The van der Waals surface area contributed by atoms with Gasteiger partial charge in [0.05, 0.1) is 7.11 Å². The van der Waals surface area contributed by atoms with E-state index >= 15 is 0 Å². The van der Waals surface area contributed by atoms with Crippen molar-refractivity contribution in [3.8, 4) is 5.75 Å². The highest BCUT2D eigenvalue weighted by Gasteiger charge is 2.28. The monoisotopic (exact) mass is 371 g/mol. The molecule has 1 saturated heterocycles. The van der Waals surface area contributed by atoms with Crippen LogP contribution in [0.2, 0.25) is 0 Å². The highest BCUT2D eigenvalue weighted by atomic mass is 16.5. The molecule has 1 saturated carbocycles. The van der Waals surface area contributed by atoms with Gasteiger partial charge in [0, 0.05) is 18.0 Å². The van der Waals surface area contributed by atoms with Gasteiger partial charge in [0.25, 0.3) is 5.91 Å². The lowest BCUT2D eigenvalue weighted by Crippen LogP contribution is -2.23. The van der Waals surface area contributed by atoms with E-state index in [0.29, 0.717) is 12.0 Å². The number of carbonyl (C=O) groups excluding carboxylic acids is 1. The molecule has 27 heavy (non-hydrogen) atoms. The summed E-state index contributed by atoms with van der Waals surface area (Å²) in [5.74, 6) is 1.69. The predicted molar refractivity (Wildman–Crippen MR) is 104 cm³/mol. The third-order valence-electron chi connectivity index (χ3n) is 5.14. The summed E-state index contributed by atoms with van der Waals surface area (Å²) in [6.07, 6.45) is 6.14. The first-order valence-corrected chi connectivity index (χ1v) is 9.76. The maximum absolute atomic E-state index is 10.6. The molecule has 6 heteroatoms. The third kappa shape index (κ3) is 5.10. The van der Waals surface area contributed by atoms with Gasteiger partial charge in [-0.3, -0.25) is 9.69 Å². The average Bonchev–Trinajstić information content (AvgIpc) is 3.22. The van der Waals surface area contributed by atoms with E-state index in [2.05, 4.69) is 41.2 Å². The van der Waals surface area contributed by atoms with Gasteiger partial charge in [0.1, 0.15) is 11.5 Å². The maximum Gasteiger partial charge on any atom is 0.270 e. The smallest absolute Gasteiger partial charge is 0.270 e. The Kier molecular flexibility index (Phi) is 6.50. The molecule has 2 N–H and O–H groups in total. The van der Waals surface area contributed by atoms with Gasteiger partial charge >= 0.3 is 0 Å². The zero-order valence-corrected chi connectivity index (χ0v) is 16.2. The Bertz CT molecular complexity index is 737. The van der Waals surface area contributed by atoms with Gasteiger partial charge < -0.3 is 15.0 Å². The van der Waals surface area contributed by atoms with Crippen molar-refractivity contribution in [1.82, 2.24) is 10.1 Å². The molecule has 6 nitrogen and oxygen atoms in total. The highest BCUT2D eigenvalue weighted by molar-refractivity contribution is 5.90. The van der Waals surface area contributed by atoms with E-state index in [4.69, 9.17) is 15.0 Å². The van der Waals surface area contributed by atoms with Gasteiger partial charge in [-0.1, -0.05) is 24.2 Å². The van der Waals surface area contributed by atoms with Crippen LogP contribution in [0, 0.1) is 0 Å². The van der Waals surface area contributed by atoms with E-state index < -0.39 is 5.91 Å². The van der Waals surface area contributed by atoms with Crippen molar-refractivity contribution in [2.24, 2.45) is 5.73 Å². The number of nitrogens with zero attached hydrogens (tertiary/aromatic N) is 2. The Morgan fingerprint density at radius 2 is 2.04 bits per heavy atom. The number of aromatic nitrogens is 1. The Hall–Kier alpha value is -2.34. The fourth-order valence-electron chi connectivity index (χ4n) is 3.55. The second-order valence-electron chi connectivity index (χ2n) is 7.22. The number of likely N-dealkylation sites (tertiary alicyclic amines) is 1. The lowest BCUT2D eigenvalue weighted by atomic mass is 10.0. The van der Waals surface area contributed by atoms with Crippen molar-refractivity contribution in [1.29, 1.82) is 0 Å². The van der Waals surface area contributed by atoms with E-state index in [1.54, 1.807) is 13.2 Å². The number of amides is 1. The Balaban J connectivity index is 0.000000166. The largest absolute Gasteiger partial charge is 0.497 e. The molecule has 1 aromatic heterocycles. The number of primary amides is 1. The van der Waals surface area contributed by atoms with Crippen molar-refractivity contribution in [2.75, 3.05) is 20.2 Å². The lowest BCUT2D eigenvalue weighted by Gasteiger charge is -2.24. The topological polar surface area (TPSA) is 81.6 Å². The van der Waals surface area contributed by atoms with Crippen LogP contribution in [0.25, 0.3) is 0 Å². The Labute approximate surface area is 160 Å². The van der Waals surface area contributed by atoms with Crippen LogP contribution in [0.3, 0.4) is 0 Å². The number of rotatable bonds is 6. The fraction of sp³-hybridized carbons (Fsp3) is 0.524. The summed E-state index contributed by atoms with van der Waals surface area (Å²) in [6, 6.07) is 10.8. The number of benzene rings is 1. The molecule has 2 fully saturated rings. The van der Waals surface area contributed by atoms with Gasteiger partial charge in [0.15, 0.2) is 5.69 Å². The summed E-state index contributed by atoms with van der Waals surface area (Å²) in [5.41, 5.74) is 6.65. The first kappa shape index (κ1) is 19.4. The van der Waals surface area contributed by atoms with Gasteiger partial charge in [0.2, 0.25) is 0 Å². The summed E-state index contributed by atoms with van der Waals surface area (Å²) in [4.78, 5) is 13.2. The quantitative estimate of drug-likeness (QED) is 0.833. The molecule has 2 aliphatic rings. The zero-order chi connectivity index (χ0) is 19.2. The minimum absolute atomic E-state index is 0.229. The van der Waals surface area contributed by atoms with Gasteiger partial charge in [-0.25, -0.2) is 0 Å². The van der Waals surface area contributed by atoms with Crippen molar-refractivity contribution in [3.05, 3.63) is 47.3 Å². The van der Waals surface area contributed by atoms with Crippen LogP contribution < -0.4 is 10.5 Å². The van der Waals surface area contributed by atoms with Crippen molar-refractivity contribution >= 4 is 5.91 Å². The number of hydrogen-bond donors (Lipinski definition) is 1. The third-order valence-corrected chi connectivity index (χ3v) is 5.14. The molecule has 0 radical (unpaired) electrons. The molecule has 1 amide bonds. The lowest BCUT2D eigenvalue weighted by molar-refractivity contribution is 0.0991. The van der Waals surface area contributed by atoms with Crippen molar-refractivity contribution in [3.63, 3.8) is 0 Å². The van der Waals surface area contributed by atoms with Gasteiger partial charge in [-0.2, -0.15) is 0 Å². The van der Waals surface area contributed by atoms with E-state index in [1.807, 2.05) is 0 Å². The van der Waals surface area contributed by atoms with Gasteiger partial charge in [-0.05, 0) is 62.9 Å². The molecule has 0 spiro atoms. The standard InChI is InChI=1S/C14H21NO.C7H8N2O2/c1-3-10-15-11-4-5-14(15)12-6-8-13(16-2)9-7-12;8-7(10)5-3-6(11-9-5)4-1-2-4/h6-9,14H,3-5,10-11H2,1-2H3;3-4H,1-2H2,(H2,8,10). The van der Waals surface area contributed by atoms with E-state index in [9.17, 15) is 4.79 Å². The normalized spacial score (nSPS) is 19.4. The second kappa shape index (κ2) is 9.04. The Morgan fingerprint density at radius 1 is 1.30 bits per heavy atom. The minimum Gasteiger partial charge on any atom is -0.497 e. The molecule has 2 aromatic rings. The predicted octanol–water partition coefficient (Wildman–Crippen LogP) is 3.89. The SMILES string of the molecule is CCCN1CCCC1c1ccc(OC)cc1.NC(=O)c1cc(C2CC2)on1. The van der Waals surface area contributed by atoms with Crippen LogP contribution in [0.4, 0.5) is 0 Å². The van der Waals surface area contributed by atoms with Gasteiger partial charge in [-0.15, -0.1) is 0 Å². The molecule has 1 atom stereocenters. The molecule has 4 rings (SSSR count). The van der Waals surface area contributed by atoms with Crippen LogP contribution >= 0.6 is 0 Å². The number of nitrogens with two attached hydrogens (primary N) is 1. The molecule has 2 heterocycles. The summed E-state index contributed by atoms with van der Waals surface area (Å²) in [7, 11) is 1.72. The number of ether oxygens (including phenoxy) is 1. The first-order valence-electron chi connectivity index (χ1n) is 9.76. The molecule has 146 valence electrons. The first-order chi connectivity index (χ1) is 13.1. The molecule has 1 aliphatic carbocycles. The van der Waals surface area contributed by atoms with Crippen LogP contribution in [-0.2, 0) is 0 Å². The molecule has 0 bridgehead atoms. The van der Waals surface area contributed by atoms with Crippen LogP contribution in [-0.4, -0.2) is 36.2 Å². The number of methoxy groups -OCH3 is 1. The van der Waals surface area contributed by atoms with Crippen molar-refractivity contribution in [2.45, 2.75) is 51.0 Å². The number of carbonyl (C=O) groups is 1. The fourth-order valence-corrected chi connectivity index (χ4v) is 3.55. The van der Waals surface area contributed by atoms with Crippen LogP contribution in [0.1, 0.15) is 72.8 Å². The van der Waals surface area contributed by atoms with Crippen LogP contribution in [0.15, 0.2) is 34.9 Å². The minimum atomic E-state index is -0.527. The van der Waals surface area contributed by atoms with E-state index in [1.165, 1.54) is 37.9 Å². The summed E-state index contributed by atoms with van der Waals surface area (Å²) >= 11 is 0. The van der Waals surface area contributed by atoms with Crippen LogP contribution in [0.5, 0.6) is 5.75 Å². The Morgan fingerprint density at radius 3 is 2.59 bits per heavy atom. The summed E-state index contributed by atoms with van der Waals surface area (Å²) < 4.78 is 10.1. The van der Waals surface area contributed by atoms with E-state index in [0.717, 1.165) is 24.4 Å². The maximum atomic E-state index is 10.6. The highest BCUT2D eigenvalue weighted by Crippen LogP contribution is 2.40. The average molecular weight is 371 g/mol. The zero-order valence-electron chi connectivity index (χ0n) is 16.2. The second-order valence-corrected chi connectivity index (χ2v) is 7.22. The number of hydrogen-bond acceptors (Lipinski definition) is 5. The van der Waals surface area contributed by atoms with E-state index in [-0.39, 0.29) is 5.69 Å². The molecule has 1 aromatic carbocycles. The molecular formula is C21H29N3O3. The molecule has 1 unspecified atom stereocenters. The van der Waals surface area contributed by atoms with Crippen molar-refractivity contribution < 1.29 is 14.1 Å². The molecule has 1 aliphatic heterocycles. The summed E-state index contributed by atoms with van der Waals surface area (Å²) in [5, 5.41) is 3.53. The summed E-state index contributed by atoms with van der Waals surface area (Å²) in [6.45, 7) is 4.73. The molecular weight excluding hydrogens is 342 g/mol.